The topological polar surface area (TPSA) is 99.1 Å². The summed E-state index contributed by atoms with van der Waals surface area (Å²) in [6.07, 6.45) is -0.455. The van der Waals surface area contributed by atoms with Gasteiger partial charge in [-0.25, -0.2) is 8.42 Å². The lowest BCUT2D eigenvalue weighted by Crippen LogP contribution is -2.07. The second-order valence-electron chi connectivity index (χ2n) is 3.64. The molecule has 0 bridgehead atoms. The predicted molar refractivity (Wildman–Crippen MR) is 70.5 cm³/mol. The number of hydrogen-bond donors (Lipinski definition) is 1. The molecule has 112 valence electrons. The molecule has 20 heavy (non-hydrogen) atoms. The van der Waals surface area contributed by atoms with Crippen LogP contribution >= 0.6 is 10.7 Å². The molecule has 0 aromatic heterocycles. The zero-order chi connectivity index (χ0) is 15.5. The number of rotatable bonds is 6. The maximum Gasteiger partial charge on any atom is 0.307 e. The molecule has 1 aromatic carbocycles. The average molecular weight is 325 g/mol. The first-order valence-corrected chi connectivity index (χ1v) is 7.55. The third-order valence-electron chi connectivity index (χ3n) is 2.45. The lowest BCUT2D eigenvalue weighted by molar-refractivity contribution is -0.136. The number of carboxylic acids is 1. The quantitative estimate of drug-likeness (QED) is 0.786. The summed E-state index contributed by atoms with van der Waals surface area (Å²) in [7, 11) is 4.99. The van der Waals surface area contributed by atoms with E-state index in [4.69, 9.17) is 30.0 Å². The van der Waals surface area contributed by atoms with Crippen molar-refractivity contribution < 1.29 is 32.5 Å². The van der Waals surface area contributed by atoms with Crippen LogP contribution in [0.4, 0.5) is 0 Å². The van der Waals surface area contributed by atoms with Crippen molar-refractivity contribution in [3.63, 3.8) is 0 Å². The first-order chi connectivity index (χ1) is 9.26. The first-order valence-electron chi connectivity index (χ1n) is 5.24. The van der Waals surface area contributed by atoms with Gasteiger partial charge in [0.15, 0.2) is 11.5 Å². The molecule has 0 atom stereocenters. The molecular weight excluding hydrogens is 312 g/mol. The van der Waals surface area contributed by atoms with E-state index in [0.29, 0.717) is 0 Å². The molecule has 0 radical (unpaired) electrons. The molecule has 1 rings (SSSR count). The maximum absolute atomic E-state index is 11.6. The summed E-state index contributed by atoms with van der Waals surface area (Å²) in [5.41, 5.74) is 0.108. The fourth-order valence-corrected chi connectivity index (χ4v) is 2.75. The molecule has 0 aliphatic rings. The van der Waals surface area contributed by atoms with Crippen LogP contribution in [0.15, 0.2) is 11.0 Å². The Morgan fingerprint density at radius 2 is 1.65 bits per heavy atom. The molecule has 0 amide bonds. The number of benzene rings is 1. The third-order valence-corrected chi connectivity index (χ3v) is 3.78. The van der Waals surface area contributed by atoms with Gasteiger partial charge in [-0.1, -0.05) is 0 Å². The van der Waals surface area contributed by atoms with Crippen LogP contribution in [0.5, 0.6) is 17.2 Å². The molecule has 9 heteroatoms. The number of ether oxygens (including phenoxy) is 3. The standard InChI is InChI=1S/C11H13ClO7S/c1-17-9-6(5-8(13)14)4-7(20(12,15)16)10(18-2)11(9)19-3/h4H,5H2,1-3H3,(H,13,14). The van der Waals surface area contributed by atoms with Crippen molar-refractivity contribution in [3.8, 4) is 17.2 Å². The molecule has 0 aliphatic heterocycles. The second-order valence-corrected chi connectivity index (χ2v) is 6.18. The van der Waals surface area contributed by atoms with E-state index in [1.807, 2.05) is 0 Å². The van der Waals surface area contributed by atoms with Crippen molar-refractivity contribution in [2.75, 3.05) is 21.3 Å². The van der Waals surface area contributed by atoms with Gasteiger partial charge < -0.3 is 19.3 Å². The minimum absolute atomic E-state index is 0.0343. The van der Waals surface area contributed by atoms with Crippen LogP contribution in [0.2, 0.25) is 0 Å². The van der Waals surface area contributed by atoms with Crippen LogP contribution in [0, 0.1) is 0 Å². The van der Waals surface area contributed by atoms with Crippen LogP contribution in [0.25, 0.3) is 0 Å². The Morgan fingerprint density at radius 3 is 2.00 bits per heavy atom. The van der Waals surface area contributed by atoms with Crippen molar-refractivity contribution in [1.29, 1.82) is 0 Å². The van der Waals surface area contributed by atoms with Crippen molar-refractivity contribution in [1.82, 2.24) is 0 Å². The van der Waals surface area contributed by atoms with Crippen LogP contribution in [-0.4, -0.2) is 40.8 Å². The SMILES string of the molecule is COc1c(CC(=O)O)cc(S(=O)(=O)Cl)c(OC)c1OC. The van der Waals surface area contributed by atoms with Crippen LogP contribution < -0.4 is 14.2 Å². The predicted octanol–water partition coefficient (Wildman–Crippen LogP) is 1.27. The van der Waals surface area contributed by atoms with Crippen molar-refractivity contribution in [3.05, 3.63) is 11.6 Å². The van der Waals surface area contributed by atoms with E-state index in [0.717, 1.165) is 6.07 Å². The molecule has 0 saturated heterocycles. The fraction of sp³-hybridized carbons (Fsp3) is 0.364. The van der Waals surface area contributed by atoms with Crippen LogP contribution in [0.3, 0.4) is 0 Å². The molecule has 1 aromatic rings. The highest BCUT2D eigenvalue weighted by molar-refractivity contribution is 8.13. The van der Waals surface area contributed by atoms with Gasteiger partial charge in [-0.2, -0.15) is 0 Å². The number of carbonyl (C=O) groups is 1. The fourth-order valence-electron chi connectivity index (χ4n) is 1.73. The van der Waals surface area contributed by atoms with Crippen LogP contribution in [-0.2, 0) is 20.3 Å². The van der Waals surface area contributed by atoms with E-state index in [2.05, 4.69) is 0 Å². The minimum Gasteiger partial charge on any atom is -0.492 e. The summed E-state index contributed by atoms with van der Waals surface area (Å²) in [6, 6.07) is 1.09. The number of methoxy groups -OCH3 is 3. The molecular formula is C11H13ClO7S. The summed E-state index contributed by atoms with van der Waals surface area (Å²) in [6.45, 7) is 0. The Kier molecular flexibility index (Phi) is 5.07. The summed E-state index contributed by atoms with van der Waals surface area (Å²) in [5.74, 6) is -1.26. The first kappa shape index (κ1) is 16.4. The van der Waals surface area contributed by atoms with Gasteiger partial charge >= 0.3 is 5.97 Å². The Morgan fingerprint density at radius 1 is 1.15 bits per heavy atom. The van der Waals surface area contributed by atoms with E-state index in [1.165, 1.54) is 21.3 Å². The minimum atomic E-state index is -4.14. The largest absolute Gasteiger partial charge is 0.492 e. The van der Waals surface area contributed by atoms with E-state index < -0.39 is 21.4 Å². The highest BCUT2D eigenvalue weighted by atomic mass is 35.7. The van der Waals surface area contributed by atoms with E-state index in [1.54, 1.807) is 0 Å². The Hall–Kier alpha value is -1.67. The van der Waals surface area contributed by atoms with Gasteiger partial charge in [-0.15, -0.1) is 0 Å². The average Bonchev–Trinajstić information content (AvgIpc) is 2.35. The molecule has 0 unspecified atom stereocenters. The maximum atomic E-state index is 11.6. The van der Waals surface area contributed by atoms with Gasteiger partial charge in [-0.05, 0) is 6.07 Å². The Balaban J connectivity index is 3.74. The second kappa shape index (κ2) is 6.19. The molecule has 1 N–H and O–H groups in total. The lowest BCUT2D eigenvalue weighted by Gasteiger charge is -2.17. The molecule has 0 fully saturated rings. The van der Waals surface area contributed by atoms with Gasteiger partial charge in [-0.3, -0.25) is 4.79 Å². The van der Waals surface area contributed by atoms with Gasteiger partial charge in [0.05, 0.1) is 27.8 Å². The normalized spacial score (nSPS) is 11.0. The molecule has 0 heterocycles. The summed E-state index contributed by atoms with van der Waals surface area (Å²) in [5, 5.41) is 8.86. The molecule has 7 nitrogen and oxygen atoms in total. The zero-order valence-electron chi connectivity index (χ0n) is 11.0. The lowest BCUT2D eigenvalue weighted by atomic mass is 10.1. The van der Waals surface area contributed by atoms with Gasteiger partial charge in [0.2, 0.25) is 5.75 Å². The van der Waals surface area contributed by atoms with E-state index in [-0.39, 0.29) is 27.7 Å². The zero-order valence-corrected chi connectivity index (χ0v) is 12.5. The number of hydrogen-bond acceptors (Lipinski definition) is 6. The van der Waals surface area contributed by atoms with Gasteiger partial charge in [0.25, 0.3) is 9.05 Å². The smallest absolute Gasteiger partial charge is 0.307 e. The number of halogens is 1. The van der Waals surface area contributed by atoms with Gasteiger partial charge in [0.1, 0.15) is 4.90 Å². The Bertz CT molecular complexity index is 624. The molecule has 0 aliphatic carbocycles. The van der Waals surface area contributed by atoms with E-state index >= 15 is 0 Å². The summed E-state index contributed by atoms with van der Waals surface area (Å²) < 4.78 is 38.2. The van der Waals surface area contributed by atoms with Crippen molar-refractivity contribution >= 4 is 25.7 Å². The summed E-state index contributed by atoms with van der Waals surface area (Å²) in [4.78, 5) is 10.5. The number of aliphatic carboxylic acids is 1. The Labute approximate surface area is 120 Å². The van der Waals surface area contributed by atoms with E-state index in [9.17, 15) is 13.2 Å². The molecule has 0 saturated carbocycles. The number of carboxylic acid groups (broad SMARTS) is 1. The third kappa shape index (κ3) is 3.26. The highest BCUT2D eigenvalue weighted by Crippen LogP contribution is 2.45. The molecule has 0 spiro atoms. The highest BCUT2D eigenvalue weighted by Gasteiger charge is 2.27. The monoisotopic (exact) mass is 324 g/mol. The van der Waals surface area contributed by atoms with Gasteiger partial charge in [0, 0.05) is 16.2 Å². The summed E-state index contributed by atoms with van der Waals surface area (Å²) >= 11 is 0. The van der Waals surface area contributed by atoms with Crippen molar-refractivity contribution in [2.45, 2.75) is 11.3 Å². The van der Waals surface area contributed by atoms with Crippen molar-refractivity contribution in [2.24, 2.45) is 0 Å². The van der Waals surface area contributed by atoms with Crippen LogP contribution in [0.1, 0.15) is 5.56 Å².